The summed E-state index contributed by atoms with van der Waals surface area (Å²) in [6, 6.07) is 22.3. The van der Waals surface area contributed by atoms with E-state index in [1.54, 1.807) is 37.4 Å². The number of ether oxygens (including phenoxy) is 1. The summed E-state index contributed by atoms with van der Waals surface area (Å²) in [7, 11) is 1.57. The summed E-state index contributed by atoms with van der Waals surface area (Å²) in [6.07, 6.45) is -0.987. The van der Waals surface area contributed by atoms with Crippen LogP contribution in [0.3, 0.4) is 0 Å². The smallest absolute Gasteiger partial charge is 0.276 e. The highest BCUT2D eigenvalue weighted by molar-refractivity contribution is 8.13. The number of amides is 1. The lowest BCUT2D eigenvalue weighted by Crippen LogP contribution is -2.54. The van der Waals surface area contributed by atoms with Crippen molar-refractivity contribution in [2.45, 2.75) is 18.8 Å². The number of hydrazone groups is 1. The number of fused-ring (bicyclic) bond motifs is 2. The molecule has 0 bridgehead atoms. The Morgan fingerprint density at radius 1 is 1.06 bits per heavy atom. The molecule has 2 heterocycles. The standard InChI is InChI=1S/C26H22N4O3S/c1-16-7-9-17(10-8-16)15-34-26-28-25(32)22-20-5-3-4-6-21(20)27-24(30(22)29-26)23(31)18-11-13-19(33-2)14-12-18/h3-14,24H,15H2,1-2H3,(H,28,29,32)/t24-/m1/s1. The van der Waals surface area contributed by atoms with Gasteiger partial charge in [0.05, 0.1) is 12.5 Å². The van der Waals surface area contributed by atoms with Gasteiger partial charge in [-0.1, -0.05) is 59.8 Å². The molecule has 3 aromatic rings. The number of Topliss-reactive ketones (excluding diaryl/α,β-unsaturated/α-hetero) is 1. The number of ketones is 1. The van der Waals surface area contributed by atoms with Gasteiger partial charge >= 0.3 is 0 Å². The molecule has 0 spiro atoms. The van der Waals surface area contributed by atoms with E-state index in [2.05, 4.69) is 15.4 Å². The van der Waals surface area contributed by atoms with E-state index in [4.69, 9.17) is 4.74 Å². The van der Waals surface area contributed by atoms with Crippen molar-refractivity contribution in [3.8, 4) is 5.75 Å². The maximum Gasteiger partial charge on any atom is 0.276 e. The first-order chi connectivity index (χ1) is 16.5. The van der Waals surface area contributed by atoms with Crippen molar-refractivity contribution in [3.05, 3.63) is 100 Å². The Kier molecular flexibility index (Phi) is 5.90. The number of benzene rings is 3. The van der Waals surface area contributed by atoms with E-state index in [-0.39, 0.29) is 11.7 Å². The molecule has 5 rings (SSSR count). The monoisotopic (exact) mass is 470 g/mol. The molecule has 1 N–H and O–H groups in total. The number of rotatable bonds is 5. The van der Waals surface area contributed by atoms with Gasteiger partial charge in [0.1, 0.15) is 11.4 Å². The average Bonchev–Trinajstić information content (AvgIpc) is 2.87. The van der Waals surface area contributed by atoms with E-state index in [1.807, 2.05) is 49.4 Å². The predicted molar refractivity (Wildman–Crippen MR) is 132 cm³/mol. The number of carbonyl (C=O) groups excluding carboxylic acids is 2. The van der Waals surface area contributed by atoms with Crippen molar-refractivity contribution in [1.29, 1.82) is 0 Å². The van der Waals surface area contributed by atoms with Gasteiger partial charge in [0.15, 0.2) is 5.17 Å². The number of thioether (sulfide) groups is 1. The number of nitrogens with one attached hydrogen (secondary N) is 1. The van der Waals surface area contributed by atoms with E-state index < -0.39 is 6.17 Å². The van der Waals surface area contributed by atoms with Crippen LogP contribution in [-0.2, 0) is 10.5 Å². The van der Waals surface area contributed by atoms with Gasteiger partial charge in [-0.3, -0.25) is 14.9 Å². The first-order valence-corrected chi connectivity index (χ1v) is 11.7. The summed E-state index contributed by atoms with van der Waals surface area (Å²) < 4.78 is 5.20. The highest BCUT2D eigenvalue weighted by Crippen LogP contribution is 2.25. The molecule has 0 saturated heterocycles. The SMILES string of the molecule is COc1ccc(C(=O)[C@@H]2N=c3ccccc3=C3C(=O)NC(SCc4ccc(C)cc4)=NN32)cc1. The molecule has 0 unspecified atom stereocenters. The summed E-state index contributed by atoms with van der Waals surface area (Å²) in [4.78, 5) is 31.4. The molecule has 1 amide bonds. The fraction of sp³-hybridized carbons (Fsp3) is 0.154. The molecule has 2 aliphatic heterocycles. The first-order valence-electron chi connectivity index (χ1n) is 10.8. The third kappa shape index (κ3) is 4.20. The summed E-state index contributed by atoms with van der Waals surface area (Å²) in [5, 5.41) is 10.6. The first kappa shape index (κ1) is 21.9. The quantitative estimate of drug-likeness (QED) is 0.580. The van der Waals surface area contributed by atoms with E-state index >= 15 is 0 Å². The second-order valence-corrected chi connectivity index (χ2v) is 8.90. The number of hydrogen-bond donors (Lipinski definition) is 1. The Bertz CT molecular complexity index is 1420. The van der Waals surface area contributed by atoms with Crippen molar-refractivity contribution in [2.24, 2.45) is 10.1 Å². The lowest BCUT2D eigenvalue weighted by molar-refractivity contribution is -0.115. The highest BCUT2D eigenvalue weighted by atomic mass is 32.2. The summed E-state index contributed by atoms with van der Waals surface area (Å²) in [5.41, 5.74) is 3.08. The molecule has 0 aromatic heterocycles. The predicted octanol–water partition coefficient (Wildman–Crippen LogP) is 2.59. The van der Waals surface area contributed by atoms with Crippen molar-refractivity contribution in [1.82, 2.24) is 10.3 Å². The van der Waals surface area contributed by atoms with Crippen molar-refractivity contribution in [3.63, 3.8) is 0 Å². The molecule has 8 heteroatoms. The van der Waals surface area contributed by atoms with Crippen LogP contribution >= 0.6 is 11.8 Å². The Hall–Kier alpha value is -3.91. The van der Waals surface area contributed by atoms with E-state index in [0.717, 1.165) is 5.56 Å². The second-order valence-electron chi connectivity index (χ2n) is 7.94. The van der Waals surface area contributed by atoms with Crippen LogP contribution in [-0.4, -0.2) is 35.1 Å². The zero-order valence-corrected chi connectivity index (χ0v) is 19.5. The average molecular weight is 471 g/mol. The largest absolute Gasteiger partial charge is 0.497 e. The Balaban J connectivity index is 1.52. The fourth-order valence-corrected chi connectivity index (χ4v) is 4.61. The summed E-state index contributed by atoms with van der Waals surface area (Å²) >= 11 is 1.41. The number of methoxy groups -OCH3 is 1. The molecule has 34 heavy (non-hydrogen) atoms. The van der Waals surface area contributed by atoms with Crippen molar-refractivity contribution >= 4 is 34.3 Å². The molecule has 1 atom stereocenters. The maximum absolute atomic E-state index is 13.5. The Morgan fingerprint density at radius 3 is 2.53 bits per heavy atom. The van der Waals surface area contributed by atoms with Gasteiger partial charge < -0.3 is 4.74 Å². The summed E-state index contributed by atoms with van der Waals surface area (Å²) in [5.74, 6) is 0.722. The van der Waals surface area contributed by atoms with Gasteiger partial charge in [-0.25, -0.2) is 10.0 Å². The number of aryl methyl sites for hydroxylation is 1. The molecule has 0 saturated carbocycles. The zero-order valence-electron chi connectivity index (χ0n) is 18.7. The number of para-hydroxylation sites is 1. The maximum atomic E-state index is 13.5. The minimum Gasteiger partial charge on any atom is -0.497 e. The topological polar surface area (TPSA) is 83.4 Å². The zero-order chi connectivity index (χ0) is 23.7. The van der Waals surface area contributed by atoms with Crippen LogP contribution in [0, 0.1) is 6.92 Å². The van der Waals surface area contributed by atoms with Crippen LogP contribution in [0.15, 0.2) is 82.9 Å². The van der Waals surface area contributed by atoms with Gasteiger partial charge in [-0.15, -0.1) is 5.10 Å². The minimum absolute atomic E-state index is 0.254. The molecule has 0 aliphatic carbocycles. The Labute approximate surface area is 200 Å². The van der Waals surface area contributed by atoms with Crippen LogP contribution in [0.5, 0.6) is 5.75 Å². The molecule has 3 aromatic carbocycles. The lowest BCUT2D eigenvalue weighted by atomic mass is 10.1. The number of hydrogen-bond acceptors (Lipinski definition) is 7. The fourth-order valence-electron chi connectivity index (χ4n) is 3.80. The molecule has 7 nitrogen and oxygen atoms in total. The summed E-state index contributed by atoms with van der Waals surface area (Å²) in [6.45, 7) is 2.04. The number of amidine groups is 1. The van der Waals surface area contributed by atoms with E-state index in [9.17, 15) is 9.59 Å². The number of nitrogens with zero attached hydrogens (tertiary/aromatic N) is 3. The third-order valence-electron chi connectivity index (χ3n) is 5.62. The van der Waals surface area contributed by atoms with Crippen molar-refractivity contribution in [2.75, 3.05) is 7.11 Å². The van der Waals surface area contributed by atoms with E-state index in [0.29, 0.717) is 38.5 Å². The van der Waals surface area contributed by atoms with Gasteiger partial charge in [-0.05, 0) is 42.8 Å². The second kappa shape index (κ2) is 9.15. The van der Waals surface area contributed by atoms with Crippen LogP contribution in [0.1, 0.15) is 21.5 Å². The molecule has 0 radical (unpaired) electrons. The molecule has 2 aliphatic rings. The third-order valence-corrected chi connectivity index (χ3v) is 6.56. The van der Waals surface area contributed by atoms with Crippen LogP contribution in [0.25, 0.3) is 5.70 Å². The molecule has 0 fully saturated rings. The van der Waals surface area contributed by atoms with Gasteiger partial charge in [0.2, 0.25) is 11.9 Å². The van der Waals surface area contributed by atoms with Crippen LogP contribution < -0.4 is 20.6 Å². The Morgan fingerprint density at radius 2 is 1.79 bits per heavy atom. The van der Waals surface area contributed by atoms with Gasteiger partial charge in [-0.2, -0.15) is 0 Å². The van der Waals surface area contributed by atoms with E-state index in [1.165, 1.54) is 22.3 Å². The lowest BCUT2D eigenvalue weighted by Gasteiger charge is -2.33. The van der Waals surface area contributed by atoms with Gasteiger partial charge in [0.25, 0.3) is 5.91 Å². The number of carbonyl (C=O) groups is 2. The minimum atomic E-state index is -0.987. The van der Waals surface area contributed by atoms with Gasteiger partial charge in [0, 0.05) is 16.5 Å². The molecular formula is C26H22N4O3S. The molecule has 170 valence electrons. The van der Waals surface area contributed by atoms with Crippen LogP contribution in [0.4, 0.5) is 0 Å². The highest BCUT2D eigenvalue weighted by Gasteiger charge is 2.37. The normalized spacial score (nSPS) is 16.6. The van der Waals surface area contributed by atoms with Crippen molar-refractivity contribution < 1.29 is 14.3 Å². The van der Waals surface area contributed by atoms with Crippen LogP contribution in [0.2, 0.25) is 0 Å². The molecular weight excluding hydrogens is 448 g/mol.